The van der Waals surface area contributed by atoms with E-state index in [2.05, 4.69) is 16.0 Å². The lowest BCUT2D eigenvalue weighted by Crippen LogP contribution is -2.40. The van der Waals surface area contributed by atoms with Crippen LogP contribution in [0.4, 0.5) is 5.82 Å². The fraction of sp³-hybridized carbons (Fsp3) is 0.400. The van der Waals surface area contributed by atoms with E-state index >= 15 is 0 Å². The number of hydrogen-bond acceptors (Lipinski definition) is 7. The minimum absolute atomic E-state index is 0.192. The number of nitriles is 1. The van der Waals surface area contributed by atoms with Gasteiger partial charge in [0.15, 0.2) is 11.0 Å². The van der Waals surface area contributed by atoms with Crippen LogP contribution in [0.25, 0.3) is 11.3 Å². The van der Waals surface area contributed by atoms with Crippen molar-refractivity contribution >= 4 is 35.1 Å². The minimum Gasteiger partial charge on any atom is -0.466 e. The number of esters is 1. The summed E-state index contributed by atoms with van der Waals surface area (Å²) in [5.74, 6) is 0.162. The number of nitrogens with zero attached hydrogens (tertiary/aromatic N) is 4. The number of piperidine rings is 1. The van der Waals surface area contributed by atoms with Crippen LogP contribution in [0, 0.1) is 17.2 Å². The Balaban J connectivity index is 2.02. The Morgan fingerprint density at radius 1 is 1.39 bits per heavy atom. The standard InChI is InChI=1S/C20H21ClN4O2S/c1-3-27-19(26)14-5-4-10-25(12-14)18-16(11-22)17(23-20(24-18)28-2)13-6-8-15(21)9-7-13/h6-9,14H,3-5,10,12H2,1-2H3. The molecule has 1 aliphatic heterocycles. The van der Waals surface area contributed by atoms with Crippen LogP contribution in [-0.2, 0) is 9.53 Å². The molecule has 6 nitrogen and oxygen atoms in total. The van der Waals surface area contributed by atoms with Crippen LogP contribution in [0.15, 0.2) is 29.4 Å². The highest BCUT2D eigenvalue weighted by Crippen LogP contribution is 2.33. The minimum atomic E-state index is -0.216. The first kappa shape index (κ1) is 20.4. The van der Waals surface area contributed by atoms with Gasteiger partial charge in [0.25, 0.3) is 0 Å². The van der Waals surface area contributed by atoms with Gasteiger partial charge in [0.2, 0.25) is 0 Å². The molecule has 0 N–H and O–H groups in total. The molecule has 0 aliphatic carbocycles. The maximum atomic E-state index is 12.2. The number of thioether (sulfide) groups is 1. The maximum Gasteiger partial charge on any atom is 0.310 e. The van der Waals surface area contributed by atoms with E-state index in [0.717, 1.165) is 24.9 Å². The molecule has 0 radical (unpaired) electrons. The second-order valence-electron chi connectivity index (χ2n) is 6.41. The highest BCUT2D eigenvalue weighted by molar-refractivity contribution is 7.98. The highest BCUT2D eigenvalue weighted by Gasteiger charge is 2.30. The average molecular weight is 417 g/mol. The van der Waals surface area contributed by atoms with Gasteiger partial charge >= 0.3 is 5.97 Å². The fourth-order valence-electron chi connectivity index (χ4n) is 3.29. The largest absolute Gasteiger partial charge is 0.466 e. The molecule has 1 saturated heterocycles. The van der Waals surface area contributed by atoms with Gasteiger partial charge in [-0.25, -0.2) is 9.97 Å². The molecule has 0 saturated carbocycles. The Morgan fingerprint density at radius 2 is 2.14 bits per heavy atom. The Kier molecular flexibility index (Phi) is 6.76. The molecule has 28 heavy (non-hydrogen) atoms. The van der Waals surface area contributed by atoms with Crippen molar-refractivity contribution in [3.05, 3.63) is 34.9 Å². The predicted molar refractivity (Wildman–Crippen MR) is 111 cm³/mol. The molecule has 1 atom stereocenters. The second kappa shape index (κ2) is 9.26. The van der Waals surface area contributed by atoms with Crippen molar-refractivity contribution < 1.29 is 9.53 Å². The third kappa shape index (κ3) is 4.40. The van der Waals surface area contributed by atoms with E-state index in [1.54, 1.807) is 19.1 Å². The van der Waals surface area contributed by atoms with Gasteiger partial charge in [-0.2, -0.15) is 5.26 Å². The molecule has 0 spiro atoms. The van der Waals surface area contributed by atoms with Crippen LogP contribution in [0.3, 0.4) is 0 Å². The van der Waals surface area contributed by atoms with E-state index in [4.69, 9.17) is 16.3 Å². The van der Waals surface area contributed by atoms with Gasteiger partial charge in [-0.05, 0) is 38.2 Å². The van der Waals surface area contributed by atoms with Crippen LogP contribution < -0.4 is 4.90 Å². The molecule has 0 bridgehead atoms. The monoisotopic (exact) mass is 416 g/mol. The molecule has 1 aromatic carbocycles. The van der Waals surface area contributed by atoms with Gasteiger partial charge in [0.1, 0.15) is 11.6 Å². The number of hydrogen-bond donors (Lipinski definition) is 0. The molecule has 2 aromatic rings. The molecule has 8 heteroatoms. The van der Waals surface area contributed by atoms with E-state index in [1.165, 1.54) is 11.8 Å². The summed E-state index contributed by atoms with van der Waals surface area (Å²) in [6.07, 6.45) is 3.51. The van der Waals surface area contributed by atoms with Gasteiger partial charge < -0.3 is 9.64 Å². The first-order valence-electron chi connectivity index (χ1n) is 9.11. The van der Waals surface area contributed by atoms with Gasteiger partial charge in [-0.15, -0.1) is 0 Å². The van der Waals surface area contributed by atoms with Crippen molar-refractivity contribution in [1.82, 2.24) is 9.97 Å². The number of carbonyl (C=O) groups excluding carboxylic acids is 1. The van der Waals surface area contributed by atoms with Crippen molar-refractivity contribution in [1.29, 1.82) is 5.26 Å². The number of ether oxygens (including phenoxy) is 1. The Bertz CT molecular complexity index is 898. The third-order valence-corrected chi connectivity index (χ3v) is 5.42. The normalized spacial score (nSPS) is 16.5. The van der Waals surface area contributed by atoms with Crippen molar-refractivity contribution in [2.75, 3.05) is 30.9 Å². The van der Waals surface area contributed by atoms with Gasteiger partial charge in [-0.1, -0.05) is 35.5 Å². The lowest BCUT2D eigenvalue weighted by molar-refractivity contribution is -0.148. The number of carbonyl (C=O) groups is 1. The van der Waals surface area contributed by atoms with Crippen LogP contribution in [0.1, 0.15) is 25.3 Å². The Morgan fingerprint density at radius 3 is 2.79 bits per heavy atom. The van der Waals surface area contributed by atoms with E-state index < -0.39 is 0 Å². The fourth-order valence-corrected chi connectivity index (χ4v) is 3.78. The first-order valence-corrected chi connectivity index (χ1v) is 10.7. The smallest absolute Gasteiger partial charge is 0.310 e. The average Bonchev–Trinajstić information content (AvgIpc) is 2.73. The molecule has 1 unspecified atom stereocenters. The zero-order chi connectivity index (χ0) is 20.1. The number of rotatable bonds is 5. The van der Waals surface area contributed by atoms with Gasteiger partial charge in [0.05, 0.1) is 18.2 Å². The maximum absolute atomic E-state index is 12.2. The molecular formula is C20H21ClN4O2S. The number of aromatic nitrogens is 2. The predicted octanol–water partition coefficient (Wildman–Crippen LogP) is 4.17. The van der Waals surface area contributed by atoms with Crippen LogP contribution >= 0.6 is 23.4 Å². The highest BCUT2D eigenvalue weighted by atomic mass is 35.5. The Labute approximate surface area is 173 Å². The third-order valence-electron chi connectivity index (χ3n) is 4.62. The molecule has 146 valence electrons. The van der Waals surface area contributed by atoms with Crippen molar-refractivity contribution in [2.24, 2.45) is 5.92 Å². The summed E-state index contributed by atoms with van der Waals surface area (Å²) < 4.78 is 5.19. The summed E-state index contributed by atoms with van der Waals surface area (Å²) >= 11 is 7.42. The molecule has 0 amide bonds. The van der Waals surface area contributed by atoms with Crippen LogP contribution in [0.2, 0.25) is 5.02 Å². The summed E-state index contributed by atoms with van der Waals surface area (Å²) in [4.78, 5) is 23.4. The van der Waals surface area contributed by atoms with Crippen LogP contribution in [0.5, 0.6) is 0 Å². The zero-order valence-electron chi connectivity index (χ0n) is 15.8. The first-order chi connectivity index (χ1) is 13.6. The van der Waals surface area contributed by atoms with Gasteiger partial charge in [-0.3, -0.25) is 4.79 Å². The number of halogens is 1. The van der Waals surface area contributed by atoms with E-state index in [9.17, 15) is 10.1 Å². The zero-order valence-corrected chi connectivity index (χ0v) is 17.4. The Hall–Kier alpha value is -2.30. The molecule has 1 aromatic heterocycles. The summed E-state index contributed by atoms with van der Waals surface area (Å²) in [6, 6.07) is 9.51. The molecular weight excluding hydrogens is 396 g/mol. The molecule has 3 rings (SSSR count). The van der Waals surface area contributed by atoms with Crippen molar-refractivity contribution in [3.63, 3.8) is 0 Å². The van der Waals surface area contributed by atoms with Crippen molar-refractivity contribution in [2.45, 2.75) is 24.9 Å². The molecule has 1 aliphatic rings. The van der Waals surface area contributed by atoms with E-state index in [0.29, 0.717) is 40.4 Å². The number of anilines is 1. The quantitative estimate of drug-likeness (QED) is 0.411. The van der Waals surface area contributed by atoms with Crippen LogP contribution in [-0.4, -0.2) is 41.9 Å². The summed E-state index contributed by atoms with van der Waals surface area (Å²) in [5, 5.41) is 11.1. The topological polar surface area (TPSA) is 79.1 Å². The number of benzene rings is 1. The lowest BCUT2D eigenvalue weighted by Gasteiger charge is -2.33. The molecule has 1 fully saturated rings. The summed E-state index contributed by atoms with van der Waals surface area (Å²) in [6.45, 7) is 3.39. The van der Waals surface area contributed by atoms with E-state index in [1.807, 2.05) is 23.3 Å². The lowest BCUT2D eigenvalue weighted by atomic mass is 9.97. The summed E-state index contributed by atoms with van der Waals surface area (Å²) in [5.41, 5.74) is 1.79. The summed E-state index contributed by atoms with van der Waals surface area (Å²) in [7, 11) is 0. The van der Waals surface area contributed by atoms with Gasteiger partial charge in [0, 0.05) is 23.7 Å². The second-order valence-corrected chi connectivity index (χ2v) is 7.62. The SMILES string of the molecule is CCOC(=O)C1CCCN(c2nc(SC)nc(-c3ccc(Cl)cc3)c2C#N)C1. The van der Waals surface area contributed by atoms with Crippen molar-refractivity contribution in [3.8, 4) is 17.3 Å². The molecule has 2 heterocycles. The van der Waals surface area contributed by atoms with E-state index in [-0.39, 0.29) is 11.9 Å².